The summed E-state index contributed by atoms with van der Waals surface area (Å²) in [5.41, 5.74) is 1.66. The topological polar surface area (TPSA) is 61.2 Å². The van der Waals surface area contributed by atoms with Crippen molar-refractivity contribution in [2.24, 2.45) is 0 Å². The van der Waals surface area contributed by atoms with Crippen LogP contribution < -0.4 is 0 Å². The maximum atomic E-state index is 12.7. The van der Waals surface area contributed by atoms with E-state index >= 15 is 0 Å². The highest BCUT2D eigenvalue weighted by atomic mass is 16.2. The molecule has 0 bridgehead atoms. The summed E-state index contributed by atoms with van der Waals surface area (Å²) in [6.45, 7) is 0.655. The summed E-state index contributed by atoms with van der Waals surface area (Å²) in [5.74, 6) is -0.0402. The number of ketones is 1. The summed E-state index contributed by atoms with van der Waals surface area (Å²) in [6, 6.07) is 17.9. The molecule has 0 aliphatic carbocycles. The quantitative estimate of drug-likeness (QED) is 0.811. The van der Waals surface area contributed by atoms with Crippen molar-refractivity contribution in [3.8, 4) is 6.07 Å². The standard InChI is InChI=1S/C20H18N2O2/c21-14-15-6-4-9-17(12-15)20(24)22-11-5-10-18(22)13-19(23)16-7-2-1-3-8-16/h1-4,6-9,12,18H,5,10-11,13H2/t18-/m1/s1. The zero-order valence-electron chi connectivity index (χ0n) is 13.3. The molecule has 0 unspecified atom stereocenters. The van der Waals surface area contributed by atoms with Crippen LogP contribution >= 0.6 is 0 Å². The molecule has 4 nitrogen and oxygen atoms in total. The van der Waals surface area contributed by atoms with Crippen LogP contribution in [0.1, 0.15) is 45.5 Å². The minimum atomic E-state index is -0.101. The fourth-order valence-electron chi connectivity index (χ4n) is 3.16. The summed E-state index contributed by atoms with van der Waals surface area (Å²) >= 11 is 0. The lowest BCUT2D eigenvalue weighted by Crippen LogP contribution is -2.36. The molecule has 0 radical (unpaired) electrons. The summed E-state index contributed by atoms with van der Waals surface area (Å²) in [7, 11) is 0. The van der Waals surface area contributed by atoms with Gasteiger partial charge in [-0.2, -0.15) is 5.26 Å². The fourth-order valence-corrected chi connectivity index (χ4v) is 3.16. The van der Waals surface area contributed by atoms with E-state index in [0.717, 1.165) is 12.8 Å². The smallest absolute Gasteiger partial charge is 0.254 e. The average molecular weight is 318 g/mol. The van der Waals surface area contributed by atoms with Gasteiger partial charge >= 0.3 is 0 Å². The van der Waals surface area contributed by atoms with Crippen molar-refractivity contribution >= 4 is 11.7 Å². The van der Waals surface area contributed by atoms with E-state index in [9.17, 15) is 9.59 Å². The highest BCUT2D eigenvalue weighted by molar-refractivity contribution is 5.98. The molecule has 0 saturated carbocycles. The molecule has 1 heterocycles. The molecule has 1 aliphatic rings. The average Bonchev–Trinajstić information content (AvgIpc) is 3.10. The molecule has 120 valence electrons. The number of rotatable bonds is 4. The van der Waals surface area contributed by atoms with Gasteiger partial charge in [-0.05, 0) is 31.0 Å². The number of benzene rings is 2. The van der Waals surface area contributed by atoms with Crippen LogP contribution in [-0.4, -0.2) is 29.2 Å². The van der Waals surface area contributed by atoms with Gasteiger partial charge in [-0.15, -0.1) is 0 Å². The third-order valence-electron chi connectivity index (χ3n) is 4.39. The van der Waals surface area contributed by atoms with Crippen LogP contribution in [-0.2, 0) is 0 Å². The van der Waals surface area contributed by atoms with E-state index in [-0.39, 0.29) is 17.7 Å². The van der Waals surface area contributed by atoms with Gasteiger partial charge in [0.15, 0.2) is 5.78 Å². The van der Waals surface area contributed by atoms with Crippen molar-refractivity contribution in [2.45, 2.75) is 25.3 Å². The molecule has 2 aromatic rings. The molecule has 2 aromatic carbocycles. The minimum Gasteiger partial charge on any atom is -0.335 e. The van der Waals surface area contributed by atoms with E-state index in [0.29, 0.717) is 29.7 Å². The number of nitriles is 1. The second-order valence-corrected chi connectivity index (χ2v) is 5.98. The molecule has 1 atom stereocenters. The van der Waals surface area contributed by atoms with Gasteiger partial charge < -0.3 is 4.90 Å². The van der Waals surface area contributed by atoms with Crippen molar-refractivity contribution in [1.82, 2.24) is 4.90 Å². The van der Waals surface area contributed by atoms with E-state index in [1.807, 2.05) is 18.2 Å². The van der Waals surface area contributed by atoms with Crippen LogP contribution in [0, 0.1) is 11.3 Å². The normalized spacial score (nSPS) is 16.6. The predicted octanol–water partition coefficient (Wildman–Crippen LogP) is 3.44. The molecular weight excluding hydrogens is 300 g/mol. The predicted molar refractivity (Wildman–Crippen MR) is 90.6 cm³/mol. The Bertz CT molecular complexity index is 793. The van der Waals surface area contributed by atoms with Crippen LogP contribution in [0.15, 0.2) is 54.6 Å². The molecule has 1 amide bonds. The SMILES string of the molecule is N#Cc1cccc(C(=O)N2CCC[C@@H]2CC(=O)c2ccccc2)c1. The Balaban J connectivity index is 1.74. The Hall–Kier alpha value is -2.93. The van der Waals surface area contributed by atoms with E-state index in [4.69, 9.17) is 5.26 Å². The van der Waals surface area contributed by atoms with E-state index in [1.165, 1.54) is 0 Å². The number of likely N-dealkylation sites (tertiary alicyclic amines) is 1. The molecule has 24 heavy (non-hydrogen) atoms. The lowest BCUT2D eigenvalue weighted by atomic mass is 10.0. The highest BCUT2D eigenvalue weighted by Crippen LogP contribution is 2.24. The second-order valence-electron chi connectivity index (χ2n) is 5.98. The van der Waals surface area contributed by atoms with Crippen molar-refractivity contribution in [3.63, 3.8) is 0 Å². The number of hydrogen-bond acceptors (Lipinski definition) is 3. The van der Waals surface area contributed by atoms with Crippen LogP contribution in [0.3, 0.4) is 0 Å². The first-order chi connectivity index (χ1) is 11.7. The van der Waals surface area contributed by atoms with Crippen LogP contribution in [0.5, 0.6) is 0 Å². The third kappa shape index (κ3) is 3.36. The third-order valence-corrected chi connectivity index (χ3v) is 4.39. The monoisotopic (exact) mass is 318 g/mol. The molecule has 0 spiro atoms. The number of carbonyl (C=O) groups excluding carboxylic acids is 2. The van der Waals surface area contributed by atoms with Crippen LogP contribution in [0.2, 0.25) is 0 Å². The molecule has 3 rings (SSSR count). The molecule has 0 aromatic heterocycles. The Morgan fingerprint density at radius 2 is 1.83 bits per heavy atom. The number of amides is 1. The second kappa shape index (κ2) is 7.10. The van der Waals surface area contributed by atoms with Crippen molar-refractivity contribution in [1.29, 1.82) is 5.26 Å². The van der Waals surface area contributed by atoms with Crippen molar-refractivity contribution in [3.05, 3.63) is 71.3 Å². The van der Waals surface area contributed by atoms with Gasteiger partial charge in [0, 0.05) is 30.1 Å². The number of nitrogens with zero attached hydrogens (tertiary/aromatic N) is 2. The minimum absolute atomic E-state index is 0.0612. The molecule has 1 aliphatic heterocycles. The molecular formula is C20H18N2O2. The molecule has 1 saturated heterocycles. The Morgan fingerprint density at radius 3 is 2.58 bits per heavy atom. The maximum Gasteiger partial charge on any atom is 0.254 e. The van der Waals surface area contributed by atoms with Gasteiger partial charge in [0.1, 0.15) is 0 Å². The summed E-state index contributed by atoms with van der Waals surface area (Å²) < 4.78 is 0. The van der Waals surface area contributed by atoms with Gasteiger partial charge in [-0.1, -0.05) is 36.4 Å². The Morgan fingerprint density at radius 1 is 1.08 bits per heavy atom. The van der Waals surface area contributed by atoms with Gasteiger partial charge in [-0.25, -0.2) is 0 Å². The molecule has 1 fully saturated rings. The van der Waals surface area contributed by atoms with Crippen LogP contribution in [0.25, 0.3) is 0 Å². The lowest BCUT2D eigenvalue weighted by molar-refractivity contribution is 0.0717. The van der Waals surface area contributed by atoms with E-state index < -0.39 is 0 Å². The van der Waals surface area contributed by atoms with Gasteiger partial charge in [0.25, 0.3) is 5.91 Å². The number of carbonyl (C=O) groups is 2. The first-order valence-electron chi connectivity index (χ1n) is 8.08. The zero-order chi connectivity index (χ0) is 16.9. The largest absolute Gasteiger partial charge is 0.335 e. The number of Topliss-reactive ketones (excluding diaryl/α,β-unsaturated/α-hetero) is 1. The first kappa shape index (κ1) is 15.9. The number of hydrogen-bond donors (Lipinski definition) is 0. The summed E-state index contributed by atoms with van der Waals surface area (Å²) in [4.78, 5) is 26.9. The molecule has 0 N–H and O–H groups in total. The Kier molecular flexibility index (Phi) is 4.72. The summed E-state index contributed by atoms with van der Waals surface area (Å²) in [5, 5.41) is 8.99. The zero-order valence-corrected chi connectivity index (χ0v) is 13.3. The highest BCUT2D eigenvalue weighted by Gasteiger charge is 2.31. The lowest BCUT2D eigenvalue weighted by Gasteiger charge is -2.24. The van der Waals surface area contributed by atoms with Gasteiger partial charge in [0.2, 0.25) is 0 Å². The fraction of sp³-hybridized carbons (Fsp3) is 0.250. The van der Waals surface area contributed by atoms with Crippen molar-refractivity contribution < 1.29 is 9.59 Å². The van der Waals surface area contributed by atoms with Crippen molar-refractivity contribution in [2.75, 3.05) is 6.54 Å². The Labute approximate surface area is 141 Å². The van der Waals surface area contributed by atoms with Gasteiger partial charge in [-0.3, -0.25) is 9.59 Å². The maximum absolute atomic E-state index is 12.7. The summed E-state index contributed by atoms with van der Waals surface area (Å²) in [6.07, 6.45) is 2.08. The van der Waals surface area contributed by atoms with E-state index in [1.54, 1.807) is 41.3 Å². The van der Waals surface area contributed by atoms with Gasteiger partial charge in [0.05, 0.1) is 11.6 Å². The first-order valence-corrected chi connectivity index (χ1v) is 8.08. The molecule has 4 heteroatoms. The van der Waals surface area contributed by atoms with Crippen LogP contribution in [0.4, 0.5) is 0 Å². The van der Waals surface area contributed by atoms with E-state index in [2.05, 4.69) is 6.07 Å².